The van der Waals surface area contributed by atoms with Gasteiger partial charge in [0.2, 0.25) is 5.91 Å². The molecule has 150 valence electrons. The topological polar surface area (TPSA) is 89.5 Å². The molecular weight excluding hydrogens is 386 g/mol. The van der Waals surface area contributed by atoms with Crippen molar-refractivity contribution in [1.82, 2.24) is 34.5 Å². The Balaban J connectivity index is 1.39. The fourth-order valence-corrected chi connectivity index (χ4v) is 3.81. The van der Waals surface area contributed by atoms with E-state index in [1.165, 1.54) is 0 Å². The molecule has 1 unspecified atom stereocenters. The average Bonchev–Trinajstić information content (AvgIpc) is 3.36. The Morgan fingerprint density at radius 1 is 1.03 bits per heavy atom. The van der Waals surface area contributed by atoms with Crippen LogP contribution >= 0.6 is 11.8 Å². The minimum atomic E-state index is -0.165. The Bertz CT molecular complexity index is 1110. The zero-order chi connectivity index (χ0) is 20.1. The summed E-state index contributed by atoms with van der Waals surface area (Å²) in [7, 11) is 0. The van der Waals surface area contributed by atoms with Crippen LogP contribution in [0.1, 0.15) is 37.0 Å². The van der Waals surface area contributed by atoms with Crippen molar-refractivity contribution in [3.8, 4) is 0 Å². The summed E-state index contributed by atoms with van der Waals surface area (Å²) in [6.07, 6.45) is 8.56. The third-order valence-corrected chi connectivity index (χ3v) is 5.43. The van der Waals surface area contributed by atoms with Gasteiger partial charge in [0.05, 0.1) is 6.04 Å². The van der Waals surface area contributed by atoms with Crippen molar-refractivity contribution in [2.45, 2.75) is 31.7 Å². The van der Waals surface area contributed by atoms with Crippen molar-refractivity contribution in [2.75, 3.05) is 12.0 Å². The van der Waals surface area contributed by atoms with Crippen LogP contribution in [0.5, 0.6) is 0 Å². The number of amides is 1. The molecule has 0 saturated carbocycles. The van der Waals surface area contributed by atoms with Gasteiger partial charge in [0.1, 0.15) is 5.82 Å². The molecule has 1 atom stereocenters. The highest BCUT2D eigenvalue weighted by atomic mass is 32.2. The number of hydrogen-bond acceptors (Lipinski definition) is 6. The Hall–Kier alpha value is -2.94. The summed E-state index contributed by atoms with van der Waals surface area (Å²) < 4.78 is 3.90. The quantitative estimate of drug-likeness (QED) is 0.457. The summed E-state index contributed by atoms with van der Waals surface area (Å²) in [5.41, 5.74) is 1.60. The largest absolute Gasteiger partial charge is 0.346 e. The molecule has 4 aromatic heterocycles. The van der Waals surface area contributed by atoms with Crippen molar-refractivity contribution >= 4 is 29.0 Å². The molecule has 29 heavy (non-hydrogen) atoms. The normalized spacial score (nSPS) is 12.4. The zero-order valence-corrected chi connectivity index (χ0v) is 17.0. The molecule has 1 amide bonds. The highest BCUT2D eigenvalue weighted by molar-refractivity contribution is 7.98. The number of rotatable bonds is 9. The van der Waals surface area contributed by atoms with Gasteiger partial charge in [-0.25, -0.2) is 0 Å². The molecule has 1 N–H and O–H groups in total. The number of carbonyl (C=O) groups is 1. The number of fused-ring (bicyclic) bond motifs is 2. The Labute approximate surface area is 172 Å². The van der Waals surface area contributed by atoms with Crippen LogP contribution in [0.2, 0.25) is 0 Å². The molecule has 0 spiro atoms. The second-order valence-electron chi connectivity index (χ2n) is 6.79. The van der Waals surface area contributed by atoms with Gasteiger partial charge < -0.3 is 5.32 Å². The van der Waals surface area contributed by atoms with Gasteiger partial charge >= 0.3 is 0 Å². The monoisotopic (exact) mass is 409 g/mol. The van der Waals surface area contributed by atoms with Crippen LogP contribution in [-0.4, -0.2) is 47.1 Å². The number of carbonyl (C=O) groups excluding carboxylic acids is 1. The van der Waals surface area contributed by atoms with E-state index < -0.39 is 0 Å². The van der Waals surface area contributed by atoms with E-state index >= 15 is 0 Å². The SMILES string of the molecule is CSCCC(NC(=O)CCCc1nnc2ccccn12)c1nnc2ccccn12. The van der Waals surface area contributed by atoms with Gasteiger partial charge in [-0.1, -0.05) is 12.1 Å². The van der Waals surface area contributed by atoms with E-state index in [0.717, 1.165) is 35.1 Å². The minimum absolute atomic E-state index is 0.0117. The number of pyridine rings is 2. The van der Waals surface area contributed by atoms with Gasteiger partial charge in [0.15, 0.2) is 17.1 Å². The first-order valence-corrected chi connectivity index (χ1v) is 11.0. The van der Waals surface area contributed by atoms with E-state index in [9.17, 15) is 4.79 Å². The molecule has 0 radical (unpaired) electrons. The lowest BCUT2D eigenvalue weighted by molar-refractivity contribution is -0.122. The summed E-state index contributed by atoms with van der Waals surface area (Å²) in [6.45, 7) is 0. The predicted octanol–water partition coefficient (Wildman–Crippen LogP) is 2.71. The fraction of sp³-hybridized carbons (Fsp3) is 0.350. The first kappa shape index (κ1) is 19.4. The number of aromatic nitrogens is 6. The van der Waals surface area contributed by atoms with E-state index in [2.05, 4.69) is 32.0 Å². The molecule has 0 bridgehead atoms. The van der Waals surface area contributed by atoms with Gasteiger partial charge in [-0.3, -0.25) is 13.6 Å². The number of hydrogen-bond donors (Lipinski definition) is 1. The maximum Gasteiger partial charge on any atom is 0.220 e. The number of aryl methyl sites for hydroxylation is 1. The molecule has 8 nitrogen and oxygen atoms in total. The molecule has 0 aromatic carbocycles. The minimum Gasteiger partial charge on any atom is -0.346 e. The van der Waals surface area contributed by atoms with Crippen LogP contribution < -0.4 is 5.32 Å². The van der Waals surface area contributed by atoms with Gasteiger partial charge in [-0.05, 0) is 49.1 Å². The lowest BCUT2D eigenvalue weighted by Crippen LogP contribution is -2.30. The predicted molar refractivity (Wildman–Crippen MR) is 113 cm³/mol. The third-order valence-electron chi connectivity index (χ3n) is 4.79. The second kappa shape index (κ2) is 9.04. The molecule has 0 fully saturated rings. The molecular formula is C20H23N7OS. The Morgan fingerprint density at radius 3 is 2.55 bits per heavy atom. The zero-order valence-electron chi connectivity index (χ0n) is 16.2. The van der Waals surface area contributed by atoms with Crippen LogP contribution in [0.3, 0.4) is 0 Å². The van der Waals surface area contributed by atoms with Gasteiger partial charge in [0.25, 0.3) is 0 Å². The Morgan fingerprint density at radius 2 is 1.76 bits per heavy atom. The van der Waals surface area contributed by atoms with Crippen molar-refractivity contribution in [2.24, 2.45) is 0 Å². The summed E-state index contributed by atoms with van der Waals surface area (Å²) in [6, 6.07) is 11.4. The van der Waals surface area contributed by atoms with Crippen molar-refractivity contribution < 1.29 is 4.79 Å². The number of thioether (sulfide) groups is 1. The van der Waals surface area contributed by atoms with Crippen molar-refractivity contribution in [1.29, 1.82) is 0 Å². The van der Waals surface area contributed by atoms with Gasteiger partial charge in [-0.2, -0.15) is 11.8 Å². The molecule has 0 aliphatic heterocycles. The lowest BCUT2D eigenvalue weighted by Gasteiger charge is -2.17. The first-order chi connectivity index (χ1) is 14.3. The number of nitrogens with zero attached hydrogens (tertiary/aromatic N) is 6. The average molecular weight is 410 g/mol. The van der Waals surface area contributed by atoms with E-state index in [1.807, 2.05) is 57.6 Å². The summed E-state index contributed by atoms with van der Waals surface area (Å²) in [5.74, 6) is 2.58. The summed E-state index contributed by atoms with van der Waals surface area (Å²) in [4.78, 5) is 12.6. The van der Waals surface area contributed by atoms with Crippen LogP contribution in [-0.2, 0) is 11.2 Å². The van der Waals surface area contributed by atoms with Crippen molar-refractivity contribution in [3.63, 3.8) is 0 Å². The van der Waals surface area contributed by atoms with E-state index in [4.69, 9.17) is 0 Å². The number of nitrogens with one attached hydrogen (secondary N) is 1. The van der Waals surface area contributed by atoms with Gasteiger partial charge in [0, 0.05) is 25.2 Å². The van der Waals surface area contributed by atoms with E-state index in [-0.39, 0.29) is 11.9 Å². The highest BCUT2D eigenvalue weighted by Crippen LogP contribution is 2.18. The second-order valence-corrected chi connectivity index (χ2v) is 7.77. The fourth-order valence-electron chi connectivity index (χ4n) is 3.33. The van der Waals surface area contributed by atoms with E-state index in [1.54, 1.807) is 11.8 Å². The smallest absolute Gasteiger partial charge is 0.220 e. The van der Waals surface area contributed by atoms with Crippen molar-refractivity contribution in [3.05, 3.63) is 60.4 Å². The van der Waals surface area contributed by atoms with Crippen LogP contribution in [0.4, 0.5) is 0 Å². The van der Waals surface area contributed by atoms with Crippen LogP contribution in [0.25, 0.3) is 11.3 Å². The third kappa shape index (κ3) is 4.40. The van der Waals surface area contributed by atoms with Gasteiger partial charge in [-0.15, -0.1) is 20.4 Å². The standard InChI is InChI=1S/C20H23N7OS/c1-29-14-11-15(20-25-24-18-8-3-5-13-27(18)20)21-19(28)10-6-9-17-23-22-16-7-2-4-12-26(16)17/h2-5,7-8,12-13,15H,6,9-11,14H2,1H3,(H,21,28). The molecule has 4 rings (SSSR count). The van der Waals surface area contributed by atoms with Crippen LogP contribution in [0, 0.1) is 0 Å². The van der Waals surface area contributed by atoms with E-state index in [0.29, 0.717) is 19.3 Å². The molecule has 0 aliphatic rings. The summed E-state index contributed by atoms with van der Waals surface area (Å²) >= 11 is 1.75. The molecule has 9 heteroatoms. The molecule has 4 aromatic rings. The Kier molecular flexibility index (Phi) is 6.04. The van der Waals surface area contributed by atoms with Crippen LogP contribution in [0.15, 0.2) is 48.8 Å². The maximum atomic E-state index is 12.6. The maximum absolute atomic E-state index is 12.6. The molecule has 0 aliphatic carbocycles. The lowest BCUT2D eigenvalue weighted by atomic mass is 10.1. The molecule has 4 heterocycles. The summed E-state index contributed by atoms with van der Waals surface area (Å²) in [5, 5.41) is 20.1. The highest BCUT2D eigenvalue weighted by Gasteiger charge is 2.20. The first-order valence-electron chi connectivity index (χ1n) is 9.63. The molecule has 0 saturated heterocycles.